The molecule has 0 saturated heterocycles. The quantitative estimate of drug-likeness (QED) is 0.839. The molecule has 0 aliphatic rings. The fourth-order valence-corrected chi connectivity index (χ4v) is 1.97. The standard InChI is InChI=1S/C15H18F3NO2/c1-10(2)19(9-15(16,17)18)13-6-4-11(3)8-12(13)5-7-14(20)21/h4-8,10H,9H2,1-3H3,(H,20,21)/b7-5+. The first-order valence-electron chi connectivity index (χ1n) is 6.45. The number of carbonyl (C=O) groups is 1. The Bertz CT molecular complexity index is 536. The Balaban J connectivity index is 3.27. The summed E-state index contributed by atoms with van der Waals surface area (Å²) in [5.41, 5.74) is 1.67. The lowest BCUT2D eigenvalue weighted by Crippen LogP contribution is -2.39. The number of rotatable bonds is 5. The van der Waals surface area contributed by atoms with Crippen molar-refractivity contribution in [2.45, 2.75) is 33.0 Å². The SMILES string of the molecule is Cc1ccc(N(CC(F)(F)F)C(C)C)c(/C=C/C(=O)O)c1. The van der Waals surface area contributed by atoms with Crippen molar-refractivity contribution in [3.05, 3.63) is 35.4 Å². The van der Waals surface area contributed by atoms with E-state index in [-0.39, 0.29) is 6.04 Å². The van der Waals surface area contributed by atoms with Gasteiger partial charge in [-0.25, -0.2) is 4.79 Å². The molecule has 3 nitrogen and oxygen atoms in total. The van der Waals surface area contributed by atoms with Gasteiger partial charge < -0.3 is 10.0 Å². The Kier molecular flexibility index (Phi) is 5.41. The van der Waals surface area contributed by atoms with Gasteiger partial charge in [-0.15, -0.1) is 0 Å². The smallest absolute Gasteiger partial charge is 0.405 e. The zero-order chi connectivity index (χ0) is 16.2. The number of alkyl halides is 3. The van der Waals surface area contributed by atoms with Gasteiger partial charge in [-0.05, 0) is 44.5 Å². The molecule has 6 heteroatoms. The summed E-state index contributed by atoms with van der Waals surface area (Å²) in [6, 6.07) is 4.59. The second-order valence-corrected chi connectivity index (χ2v) is 5.07. The van der Waals surface area contributed by atoms with Gasteiger partial charge in [-0.2, -0.15) is 13.2 Å². The number of anilines is 1. The lowest BCUT2D eigenvalue weighted by molar-refractivity contribution is -0.131. The lowest BCUT2D eigenvalue weighted by atomic mass is 10.1. The molecule has 116 valence electrons. The van der Waals surface area contributed by atoms with Gasteiger partial charge >= 0.3 is 12.1 Å². The summed E-state index contributed by atoms with van der Waals surface area (Å²) in [4.78, 5) is 11.8. The molecule has 1 N–H and O–H groups in total. The van der Waals surface area contributed by atoms with Crippen LogP contribution in [0.15, 0.2) is 24.3 Å². The molecule has 0 aliphatic heterocycles. The molecule has 0 bridgehead atoms. The predicted octanol–water partition coefficient (Wildman–Crippen LogP) is 3.87. The van der Waals surface area contributed by atoms with Crippen LogP contribution in [-0.2, 0) is 4.79 Å². The third kappa shape index (κ3) is 5.49. The molecular weight excluding hydrogens is 283 g/mol. The second-order valence-electron chi connectivity index (χ2n) is 5.07. The summed E-state index contributed by atoms with van der Waals surface area (Å²) >= 11 is 0. The van der Waals surface area contributed by atoms with Crippen molar-refractivity contribution < 1.29 is 23.1 Å². The van der Waals surface area contributed by atoms with Gasteiger partial charge in [0, 0.05) is 17.8 Å². The van der Waals surface area contributed by atoms with Crippen LogP contribution in [0.4, 0.5) is 18.9 Å². The molecule has 0 saturated carbocycles. The maximum Gasteiger partial charge on any atom is 0.405 e. The highest BCUT2D eigenvalue weighted by atomic mass is 19.4. The summed E-state index contributed by atoms with van der Waals surface area (Å²) in [7, 11) is 0. The van der Waals surface area contributed by atoms with E-state index in [9.17, 15) is 18.0 Å². The minimum Gasteiger partial charge on any atom is -0.478 e. The Labute approximate surface area is 121 Å². The Hall–Kier alpha value is -1.98. The van der Waals surface area contributed by atoms with Gasteiger partial charge in [0.15, 0.2) is 0 Å². The average molecular weight is 301 g/mol. The van der Waals surface area contributed by atoms with Crippen molar-refractivity contribution in [2.75, 3.05) is 11.4 Å². The van der Waals surface area contributed by atoms with Crippen LogP contribution in [0.5, 0.6) is 0 Å². The van der Waals surface area contributed by atoms with Crippen molar-refractivity contribution in [1.82, 2.24) is 0 Å². The van der Waals surface area contributed by atoms with E-state index in [1.807, 2.05) is 0 Å². The normalized spacial score (nSPS) is 12.1. The Morgan fingerprint density at radius 2 is 2.00 bits per heavy atom. The van der Waals surface area contributed by atoms with E-state index in [0.29, 0.717) is 11.3 Å². The molecule has 21 heavy (non-hydrogen) atoms. The summed E-state index contributed by atoms with van der Waals surface area (Å²) < 4.78 is 38.2. The Morgan fingerprint density at radius 1 is 1.38 bits per heavy atom. The zero-order valence-electron chi connectivity index (χ0n) is 12.1. The number of hydrogen-bond donors (Lipinski definition) is 1. The lowest BCUT2D eigenvalue weighted by Gasteiger charge is -2.31. The van der Waals surface area contributed by atoms with Gasteiger partial charge in [0.1, 0.15) is 6.54 Å². The van der Waals surface area contributed by atoms with Crippen LogP contribution in [0.25, 0.3) is 6.08 Å². The molecule has 1 aromatic carbocycles. The number of benzene rings is 1. The van der Waals surface area contributed by atoms with Crippen molar-refractivity contribution in [1.29, 1.82) is 0 Å². The molecule has 0 radical (unpaired) electrons. The maximum atomic E-state index is 12.7. The van der Waals surface area contributed by atoms with Crippen LogP contribution < -0.4 is 4.90 Å². The molecule has 0 aliphatic carbocycles. The fourth-order valence-electron chi connectivity index (χ4n) is 1.97. The summed E-state index contributed by atoms with van der Waals surface area (Å²) in [5, 5.41) is 8.69. The highest BCUT2D eigenvalue weighted by Crippen LogP contribution is 2.29. The molecule has 0 fully saturated rings. The first-order chi connectivity index (χ1) is 9.60. The number of carboxylic acid groups (broad SMARTS) is 1. The highest BCUT2D eigenvalue weighted by Gasteiger charge is 2.32. The minimum absolute atomic E-state index is 0.366. The molecule has 0 aromatic heterocycles. The fraction of sp³-hybridized carbons (Fsp3) is 0.400. The first-order valence-corrected chi connectivity index (χ1v) is 6.45. The molecule has 0 heterocycles. The monoisotopic (exact) mass is 301 g/mol. The van der Waals surface area contributed by atoms with E-state index < -0.39 is 18.7 Å². The topological polar surface area (TPSA) is 40.5 Å². The minimum atomic E-state index is -4.33. The predicted molar refractivity (Wildman–Crippen MR) is 76.4 cm³/mol. The summed E-state index contributed by atoms with van der Waals surface area (Å²) in [6.07, 6.45) is -2.09. The number of hydrogen-bond acceptors (Lipinski definition) is 2. The zero-order valence-corrected chi connectivity index (χ0v) is 12.1. The van der Waals surface area contributed by atoms with E-state index in [2.05, 4.69) is 0 Å². The van der Waals surface area contributed by atoms with E-state index in [1.165, 1.54) is 11.0 Å². The number of aryl methyl sites for hydroxylation is 1. The van der Waals surface area contributed by atoms with Gasteiger partial charge in [-0.1, -0.05) is 11.6 Å². The molecule has 0 unspecified atom stereocenters. The van der Waals surface area contributed by atoms with E-state index >= 15 is 0 Å². The van der Waals surface area contributed by atoms with E-state index in [0.717, 1.165) is 11.6 Å². The second kappa shape index (κ2) is 6.65. The highest BCUT2D eigenvalue weighted by molar-refractivity contribution is 5.87. The van der Waals surface area contributed by atoms with Crippen LogP contribution in [0.1, 0.15) is 25.0 Å². The maximum absolute atomic E-state index is 12.7. The van der Waals surface area contributed by atoms with Crippen molar-refractivity contribution in [2.24, 2.45) is 0 Å². The molecule has 0 amide bonds. The van der Waals surface area contributed by atoms with Gasteiger partial charge in [0.2, 0.25) is 0 Å². The number of carboxylic acids is 1. The average Bonchev–Trinajstić information content (AvgIpc) is 2.32. The summed E-state index contributed by atoms with van der Waals surface area (Å²) in [5.74, 6) is -1.14. The van der Waals surface area contributed by atoms with Crippen LogP contribution >= 0.6 is 0 Å². The third-order valence-corrected chi connectivity index (χ3v) is 2.87. The van der Waals surface area contributed by atoms with Gasteiger partial charge in [0.05, 0.1) is 0 Å². The number of halogens is 3. The molecule has 0 atom stereocenters. The largest absolute Gasteiger partial charge is 0.478 e. The Morgan fingerprint density at radius 3 is 2.48 bits per heavy atom. The van der Waals surface area contributed by atoms with Crippen LogP contribution in [0, 0.1) is 6.92 Å². The molecule has 0 spiro atoms. The van der Waals surface area contributed by atoms with Crippen molar-refractivity contribution >= 4 is 17.7 Å². The van der Waals surface area contributed by atoms with E-state index in [1.54, 1.807) is 39.0 Å². The molecule has 1 aromatic rings. The number of aliphatic carboxylic acids is 1. The molecule has 1 rings (SSSR count). The van der Waals surface area contributed by atoms with Crippen molar-refractivity contribution in [3.63, 3.8) is 0 Å². The number of nitrogens with zero attached hydrogens (tertiary/aromatic N) is 1. The summed E-state index contributed by atoms with van der Waals surface area (Å²) in [6.45, 7) is 4.04. The first kappa shape index (κ1) is 17.1. The van der Waals surface area contributed by atoms with Crippen LogP contribution in [0.2, 0.25) is 0 Å². The van der Waals surface area contributed by atoms with Crippen molar-refractivity contribution in [3.8, 4) is 0 Å². The molecular formula is C15H18F3NO2. The van der Waals surface area contributed by atoms with Gasteiger partial charge in [-0.3, -0.25) is 0 Å². The van der Waals surface area contributed by atoms with Crippen LogP contribution in [-0.4, -0.2) is 29.8 Å². The van der Waals surface area contributed by atoms with E-state index in [4.69, 9.17) is 5.11 Å². The van der Waals surface area contributed by atoms with Crippen LogP contribution in [0.3, 0.4) is 0 Å². The van der Waals surface area contributed by atoms with Gasteiger partial charge in [0.25, 0.3) is 0 Å². The third-order valence-electron chi connectivity index (χ3n) is 2.87.